The van der Waals surface area contributed by atoms with Crippen LogP contribution in [0.3, 0.4) is 0 Å². The quantitative estimate of drug-likeness (QED) is 0.295. The first kappa shape index (κ1) is 25.4. The van der Waals surface area contributed by atoms with Gasteiger partial charge in [-0.25, -0.2) is 0 Å². The molecule has 0 saturated heterocycles. The summed E-state index contributed by atoms with van der Waals surface area (Å²) in [5.74, 6) is -0.210. The van der Waals surface area contributed by atoms with Gasteiger partial charge in [-0.15, -0.1) is 0 Å². The van der Waals surface area contributed by atoms with Crippen molar-refractivity contribution in [1.29, 1.82) is 0 Å². The summed E-state index contributed by atoms with van der Waals surface area (Å²) in [6, 6.07) is 21.9. The molecule has 0 heterocycles. The molecule has 0 saturated carbocycles. The third kappa shape index (κ3) is 7.94. The lowest BCUT2D eigenvalue weighted by atomic mass is 10.1. The second-order valence-corrected chi connectivity index (χ2v) is 8.40. The molecule has 0 aliphatic carbocycles. The van der Waals surface area contributed by atoms with Gasteiger partial charge >= 0.3 is 0 Å². The maximum absolute atomic E-state index is 12.4. The molecule has 3 rings (SSSR count). The van der Waals surface area contributed by atoms with Crippen LogP contribution in [-0.2, 0) is 0 Å². The van der Waals surface area contributed by atoms with Gasteiger partial charge in [-0.1, -0.05) is 38.1 Å². The Morgan fingerprint density at radius 2 is 1.43 bits per heavy atom. The van der Waals surface area contributed by atoms with Crippen LogP contribution in [0.25, 0.3) is 0 Å². The molecule has 9 heteroatoms. The average Bonchev–Trinajstić information content (AvgIpc) is 2.87. The zero-order valence-corrected chi connectivity index (χ0v) is 20.1. The molecular weight excluding hydrogens is 464 g/mol. The lowest BCUT2D eigenvalue weighted by molar-refractivity contribution is 0.0934. The molecule has 4 N–H and O–H groups in total. The molecular formula is C26H26N4O4S. The number of carbonyl (C=O) groups excluding carboxylic acids is 3. The molecule has 3 aromatic rings. The van der Waals surface area contributed by atoms with Crippen molar-refractivity contribution in [3.05, 3.63) is 95.6 Å². The molecule has 0 spiro atoms. The number of anilines is 1. The Kier molecular flexibility index (Phi) is 8.91. The fourth-order valence-corrected chi connectivity index (χ4v) is 3.02. The van der Waals surface area contributed by atoms with Gasteiger partial charge in [0.05, 0.1) is 6.61 Å². The molecule has 3 aromatic carbocycles. The Morgan fingerprint density at radius 3 is 2.11 bits per heavy atom. The largest absolute Gasteiger partial charge is 0.493 e. The maximum atomic E-state index is 12.4. The number of nitrogens with one attached hydrogen (secondary N) is 4. The second kappa shape index (κ2) is 12.3. The first-order chi connectivity index (χ1) is 16.8. The molecule has 0 fully saturated rings. The number of benzene rings is 3. The maximum Gasteiger partial charge on any atom is 0.269 e. The third-order valence-corrected chi connectivity index (χ3v) is 4.84. The van der Waals surface area contributed by atoms with Gasteiger partial charge in [-0.2, -0.15) is 0 Å². The van der Waals surface area contributed by atoms with Crippen molar-refractivity contribution in [3.8, 4) is 5.75 Å². The van der Waals surface area contributed by atoms with E-state index in [1.807, 2.05) is 19.9 Å². The molecule has 8 nitrogen and oxygen atoms in total. The molecule has 0 unspecified atom stereocenters. The molecule has 3 amide bonds. The van der Waals surface area contributed by atoms with Crippen LogP contribution in [0.4, 0.5) is 5.69 Å². The van der Waals surface area contributed by atoms with Crippen molar-refractivity contribution in [2.75, 3.05) is 11.9 Å². The summed E-state index contributed by atoms with van der Waals surface area (Å²) < 4.78 is 5.63. The summed E-state index contributed by atoms with van der Waals surface area (Å²) in [4.78, 5) is 37.1. The lowest BCUT2D eigenvalue weighted by Crippen LogP contribution is -2.48. The van der Waals surface area contributed by atoms with Crippen molar-refractivity contribution < 1.29 is 19.1 Å². The van der Waals surface area contributed by atoms with Gasteiger partial charge in [-0.3, -0.25) is 30.6 Å². The minimum absolute atomic E-state index is 0.0661. The fraction of sp³-hybridized carbons (Fsp3) is 0.154. The monoisotopic (exact) mass is 490 g/mol. The van der Waals surface area contributed by atoms with E-state index in [4.69, 9.17) is 17.0 Å². The summed E-state index contributed by atoms with van der Waals surface area (Å²) >= 11 is 5.10. The normalized spacial score (nSPS) is 10.3. The van der Waals surface area contributed by atoms with Gasteiger partial charge in [0.15, 0.2) is 5.11 Å². The summed E-state index contributed by atoms with van der Waals surface area (Å²) in [6.45, 7) is 4.61. The van der Waals surface area contributed by atoms with Crippen LogP contribution in [-0.4, -0.2) is 29.4 Å². The van der Waals surface area contributed by atoms with Crippen LogP contribution in [0.1, 0.15) is 44.9 Å². The zero-order valence-electron chi connectivity index (χ0n) is 19.3. The Balaban J connectivity index is 1.47. The van der Waals surface area contributed by atoms with Crippen LogP contribution in [0.5, 0.6) is 5.75 Å². The number of ether oxygens (including phenoxy) is 1. The summed E-state index contributed by atoms with van der Waals surface area (Å²) in [5, 5.41) is 5.20. The Labute approximate surface area is 209 Å². The van der Waals surface area contributed by atoms with Crippen molar-refractivity contribution in [2.45, 2.75) is 13.8 Å². The van der Waals surface area contributed by atoms with Gasteiger partial charge in [0.1, 0.15) is 5.75 Å². The number of hydrazine groups is 1. The van der Waals surface area contributed by atoms with Crippen molar-refractivity contribution in [3.63, 3.8) is 0 Å². The van der Waals surface area contributed by atoms with Gasteiger partial charge in [0.2, 0.25) is 0 Å². The third-order valence-electron chi connectivity index (χ3n) is 4.64. The Hall–Kier alpha value is -4.24. The van der Waals surface area contributed by atoms with Crippen molar-refractivity contribution in [1.82, 2.24) is 16.2 Å². The van der Waals surface area contributed by atoms with E-state index in [9.17, 15) is 14.4 Å². The van der Waals surface area contributed by atoms with E-state index < -0.39 is 11.8 Å². The van der Waals surface area contributed by atoms with E-state index in [0.29, 0.717) is 40.7 Å². The van der Waals surface area contributed by atoms with Crippen LogP contribution in [0.15, 0.2) is 78.9 Å². The molecule has 0 radical (unpaired) electrons. The molecule has 0 aromatic heterocycles. The fourth-order valence-electron chi connectivity index (χ4n) is 2.88. The topological polar surface area (TPSA) is 109 Å². The van der Waals surface area contributed by atoms with Gasteiger partial charge in [0, 0.05) is 22.4 Å². The van der Waals surface area contributed by atoms with E-state index in [1.165, 1.54) is 0 Å². The van der Waals surface area contributed by atoms with Crippen molar-refractivity contribution >= 4 is 40.7 Å². The minimum Gasteiger partial charge on any atom is -0.493 e. The van der Waals surface area contributed by atoms with Gasteiger partial charge in [0.25, 0.3) is 17.7 Å². The first-order valence-corrected chi connectivity index (χ1v) is 11.3. The highest BCUT2D eigenvalue weighted by atomic mass is 32.1. The lowest BCUT2D eigenvalue weighted by Gasteiger charge is -2.12. The molecule has 35 heavy (non-hydrogen) atoms. The summed E-state index contributed by atoms with van der Waals surface area (Å²) in [6.07, 6.45) is 0. The number of hydrogen-bond acceptors (Lipinski definition) is 5. The molecule has 180 valence electrons. The van der Waals surface area contributed by atoms with Crippen molar-refractivity contribution in [2.24, 2.45) is 5.92 Å². The number of amides is 3. The van der Waals surface area contributed by atoms with Crippen LogP contribution in [0.2, 0.25) is 0 Å². The summed E-state index contributed by atoms with van der Waals surface area (Å²) in [7, 11) is 0. The molecule has 0 aliphatic heterocycles. The van der Waals surface area contributed by atoms with E-state index >= 15 is 0 Å². The van der Waals surface area contributed by atoms with E-state index in [-0.39, 0.29) is 11.0 Å². The van der Waals surface area contributed by atoms with E-state index in [0.717, 1.165) is 0 Å². The van der Waals surface area contributed by atoms with Crippen LogP contribution in [0, 0.1) is 5.92 Å². The number of carbonyl (C=O) groups is 3. The van der Waals surface area contributed by atoms with Gasteiger partial charge < -0.3 is 10.1 Å². The molecule has 0 aliphatic rings. The predicted molar refractivity (Wildman–Crippen MR) is 138 cm³/mol. The van der Waals surface area contributed by atoms with Crippen LogP contribution < -0.4 is 26.2 Å². The average molecular weight is 491 g/mol. The molecule has 0 atom stereocenters. The van der Waals surface area contributed by atoms with E-state index in [2.05, 4.69) is 21.5 Å². The highest BCUT2D eigenvalue weighted by Crippen LogP contribution is 2.14. The SMILES string of the molecule is CC(C)COc1cccc(C(=O)NC(=S)NNC(=O)c2ccc(NC(=O)c3ccccc3)cc2)c1. The Morgan fingerprint density at radius 1 is 0.771 bits per heavy atom. The first-order valence-electron chi connectivity index (χ1n) is 10.9. The predicted octanol–water partition coefficient (Wildman–Crippen LogP) is 3.92. The van der Waals surface area contributed by atoms with Crippen LogP contribution >= 0.6 is 12.2 Å². The highest BCUT2D eigenvalue weighted by molar-refractivity contribution is 7.80. The highest BCUT2D eigenvalue weighted by Gasteiger charge is 2.11. The second-order valence-electron chi connectivity index (χ2n) is 7.99. The van der Waals surface area contributed by atoms with Gasteiger partial charge in [-0.05, 0) is 72.7 Å². The number of hydrogen-bond donors (Lipinski definition) is 4. The number of rotatable bonds is 7. The standard InChI is InChI=1S/C26H26N4O4S/c1-17(2)16-34-22-10-6-9-20(15-22)24(32)28-26(35)30-29-25(33)19-11-13-21(14-12-19)27-23(31)18-7-4-3-5-8-18/h3-15,17H,16H2,1-2H3,(H,27,31)(H,29,33)(H2,28,30,32,35). The minimum atomic E-state index is -0.466. The molecule has 0 bridgehead atoms. The zero-order chi connectivity index (χ0) is 25.2. The smallest absolute Gasteiger partial charge is 0.269 e. The Bertz CT molecular complexity index is 1200. The van der Waals surface area contributed by atoms with E-state index in [1.54, 1.807) is 72.8 Å². The number of thiocarbonyl (C=S) groups is 1. The summed E-state index contributed by atoms with van der Waals surface area (Å²) in [5.41, 5.74) is 6.71.